The molecular weight excluding hydrogens is 258 g/mol. The Hall–Kier alpha value is -2.24. The van der Waals surface area contributed by atoms with Crippen molar-refractivity contribution in [2.45, 2.75) is 25.8 Å². The monoisotopic (exact) mass is 277 g/mol. The van der Waals surface area contributed by atoms with Crippen LogP contribution in [0.4, 0.5) is 5.69 Å². The van der Waals surface area contributed by atoms with Gasteiger partial charge in [-0.25, -0.2) is 0 Å². The van der Waals surface area contributed by atoms with Crippen LogP contribution in [0.15, 0.2) is 18.2 Å². The van der Waals surface area contributed by atoms with Crippen molar-refractivity contribution in [2.75, 3.05) is 18.9 Å². The second kappa shape index (κ2) is 5.81. The van der Waals surface area contributed by atoms with Crippen LogP contribution in [0.2, 0.25) is 0 Å². The number of carbonyl (C=O) groups is 2. The number of amides is 2. The van der Waals surface area contributed by atoms with E-state index in [0.717, 1.165) is 6.42 Å². The quantitative estimate of drug-likeness (QED) is 0.794. The van der Waals surface area contributed by atoms with Gasteiger partial charge in [0.1, 0.15) is 17.4 Å². The maximum absolute atomic E-state index is 12.6. The highest BCUT2D eigenvalue weighted by Crippen LogP contribution is 2.29. The van der Waals surface area contributed by atoms with Gasteiger partial charge in [-0.05, 0) is 31.9 Å². The van der Waals surface area contributed by atoms with Crippen molar-refractivity contribution in [1.82, 2.24) is 4.90 Å². The number of ether oxygens (including phenoxy) is 1. The lowest BCUT2D eigenvalue weighted by molar-refractivity contribution is -0.121. The average molecular weight is 277 g/mol. The highest BCUT2D eigenvalue weighted by atomic mass is 16.5. The second-order valence-electron chi connectivity index (χ2n) is 4.71. The molecule has 0 saturated carbocycles. The zero-order valence-corrected chi connectivity index (χ0v) is 11.5. The van der Waals surface area contributed by atoms with E-state index in [-0.39, 0.29) is 5.91 Å². The number of primary amides is 1. The summed E-state index contributed by atoms with van der Waals surface area (Å²) in [5.41, 5.74) is 11.9. The molecule has 0 aromatic heterocycles. The van der Waals surface area contributed by atoms with Crippen molar-refractivity contribution in [3.63, 3.8) is 0 Å². The smallest absolute Gasteiger partial charge is 0.260 e. The van der Waals surface area contributed by atoms with Crippen LogP contribution in [0.3, 0.4) is 0 Å². The molecule has 1 heterocycles. The molecule has 1 aromatic rings. The third-order valence-corrected chi connectivity index (χ3v) is 3.41. The maximum Gasteiger partial charge on any atom is 0.260 e. The predicted octanol–water partition coefficient (Wildman–Crippen LogP) is 0.757. The minimum Gasteiger partial charge on any atom is -0.493 e. The van der Waals surface area contributed by atoms with Gasteiger partial charge in [0.2, 0.25) is 5.91 Å². The number of carbonyl (C=O) groups excluding carboxylic acids is 2. The molecule has 1 fully saturated rings. The molecule has 0 spiro atoms. The number of rotatable bonds is 4. The van der Waals surface area contributed by atoms with E-state index in [1.807, 2.05) is 6.92 Å². The van der Waals surface area contributed by atoms with Crippen LogP contribution in [0.25, 0.3) is 0 Å². The van der Waals surface area contributed by atoms with Crippen molar-refractivity contribution >= 4 is 17.5 Å². The third-order valence-electron chi connectivity index (χ3n) is 3.41. The zero-order chi connectivity index (χ0) is 14.7. The van der Waals surface area contributed by atoms with Gasteiger partial charge >= 0.3 is 0 Å². The molecule has 0 aliphatic carbocycles. The number of benzene rings is 1. The second-order valence-corrected chi connectivity index (χ2v) is 4.71. The summed E-state index contributed by atoms with van der Waals surface area (Å²) in [6, 6.07) is 4.51. The van der Waals surface area contributed by atoms with Gasteiger partial charge in [-0.3, -0.25) is 9.59 Å². The first-order valence-electron chi connectivity index (χ1n) is 6.67. The Bertz CT molecular complexity index is 530. The molecule has 2 amide bonds. The number of anilines is 1. The van der Waals surface area contributed by atoms with Crippen molar-refractivity contribution in [2.24, 2.45) is 5.73 Å². The van der Waals surface area contributed by atoms with E-state index < -0.39 is 11.9 Å². The summed E-state index contributed by atoms with van der Waals surface area (Å²) >= 11 is 0. The summed E-state index contributed by atoms with van der Waals surface area (Å²) < 4.78 is 5.45. The topological polar surface area (TPSA) is 98.7 Å². The molecule has 2 rings (SSSR count). The van der Waals surface area contributed by atoms with Gasteiger partial charge < -0.3 is 21.1 Å². The van der Waals surface area contributed by atoms with E-state index in [1.165, 1.54) is 4.90 Å². The number of hydrogen-bond acceptors (Lipinski definition) is 4. The van der Waals surface area contributed by atoms with Gasteiger partial charge in [-0.15, -0.1) is 0 Å². The maximum atomic E-state index is 12.6. The lowest BCUT2D eigenvalue weighted by Crippen LogP contribution is -2.44. The standard InChI is InChI=1S/C14H19N3O3/c1-2-20-11-7-3-5-9(15)12(11)14(19)17-8-4-6-10(17)13(16)18/h3,5,7,10H,2,4,6,8,15H2,1H3,(H2,16,18). The van der Waals surface area contributed by atoms with Gasteiger partial charge in [0.15, 0.2) is 0 Å². The summed E-state index contributed by atoms with van der Waals surface area (Å²) in [6.07, 6.45) is 1.35. The molecule has 20 heavy (non-hydrogen) atoms. The molecule has 108 valence electrons. The summed E-state index contributed by atoms with van der Waals surface area (Å²) in [5.74, 6) is -0.344. The molecule has 4 N–H and O–H groups in total. The van der Waals surface area contributed by atoms with Gasteiger partial charge in [-0.2, -0.15) is 0 Å². The van der Waals surface area contributed by atoms with E-state index in [1.54, 1.807) is 18.2 Å². The Labute approximate surface area is 117 Å². The van der Waals surface area contributed by atoms with E-state index in [9.17, 15) is 9.59 Å². The number of likely N-dealkylation sites (tertiary alicyclic amines) is 1. The Morgan fingerprint density at radius 3 is 2.85 bits per heavy atom. The Balaban J connectivity index is 2.35. The highest BCUT2D eigenvalue weighted by molar-refractivity contribution is 6.03. The summed E-state index contributed by atoms with van der Waals surface area (Å²) in [7, 11) is 0. The van der Waals surface area contributed by atoms with Gasteiger partial charge in [0.05, 0.1) is 6.61 Å². The molecule has 1 aliphatic heterocycles. The molecule has 1 saturated heterocycles. The summed E-state index contributed by atoms with van der Waals surface area (Å²) in [4.78, 5) is 25.5. The fourth-order valence-corrected chi connectivity index (χ4v) is 2.50. The van der Waals surface area contributed by atoms with E-state index in [4.69, 9.17) is 16.2 Å². The van der Waals surface area contributed by atoms with E-state index in [0.29, 0.717) is 36.6 Å². The zero-order valence-electron chi connectivity index (χ0n) is 11.5. The first-order chi connectivity index (χ1) is 9.56. The molecule has 0 bridgehead atoms. The van der Waals surface area contributed by atoms with Crippen LogP contribution < -0.4 is 16.2 Å². The van der Waals surface area contributed by atoms with Crippen molar-refractivity contribution in [1.29, 1.82) is 0 Å². The number of hydrogen-bond donors (Lipinski definition) is 2. The first-order valence-corrected chi connectivity index (χ1v) is 6.67. The fraction of sp³-hybridized carbons (Fsp3) is 0.429. The summed E-state index contributed by atoms with van der Waals surface area (Å²) in [6.45, 7) is 2.77. The molecule has 6 heteroatoms. The number of nitrogens with zero attached hydrogens (tertiary/aromatic N) is 1. The molecule has 1 unspecified atom stereocenters. The van der Waals surface area contributed by atoms with Crippen LogP contribution >= 0.6 is 0 Å². The molecule has 1 atom stereocenters. The van der Waals surface area contributed by atoms with Crippen molar-refractivity contribution in [3.8, 4) is 5.75 Å². The lowest BCUT2D eigenvalue weighted by atomic mass is 10.1. The van der Waals surface area contributed by atoms with E-state index in [2.05, 4.69) is 0 Å². The largest absolute Gasteiger partial charge is 0.493 e. The normalized spacial score (nSPS) is 18.1. The highest BCUT2D eigenvalue weighted by Gasteiger charge is 2.35. The fourth-order valence-electron chi connectivity index (χ4n) is 2.50. The number of nitrogen functional groups attached to an aromatic ring is 1. The van der Waals surface area contributed by atoms with Crippen LogP contribution in [0, 0.1) is 0 Å². The van der Waals surface area contributed by atoms with E-state index >= 15 is 0 Å². The molecular formula is C14H19N3O3. The van der Waals surface area contributed by atoms with Crippen molar-refractivity contribution in [3.05, 3.63) is 23.8 Å². The predicted molar refractivity (Wildman–Crippen MR) is 75.3 cm³/mol. The van der Waals surface area contributed by atoms with Crippen molar-refractivity contribution < 1.29 is 14.3 Å². The van der Waals surface area contributed by atoms with Crippen LogP contribution in [0.1, 0.15) is 30.1 Å². The van der Waals surface area contributed by atoms with Gasteiger partial charge in [-0.1, -0.05) is 6.07 Å². The minimum absolute atomic E-state index is 0.298. The third kappa shape index (κ3) is 2.54. The molecule has 0 radical (unpaired) electrons. The molecule has 1 aliphatic rings. The van der Waals surface area contributed by atoms with Crippen LogP contribution in [0.5, 0.6) is 5.75 Å². The first kappa shape index (κ1) is 14.2. The molecule has 6 nitrogen and oxygen atoms in total. The van der Waals surface area contributed by atoms with Gasteiger partial charge in [0.25, 0.3) is 5.91 Å². The van der Waals surface area contributed by atoms with Crippen LogP contribution in [-0.2, 0) is 4.79 Å². The molecule has 1 aromatic carbocycles. The summed E-state index contributed by atoms with van der Waals surface area (Å²) in [5, 5.41) is 0. The average Bonchev–Trinajstić information content (AvgIpc) is 2.88. The van der Waals surface area contributed by atoms with Gasteiger partial charge in [0, 0.05) is 12.2 Å². The SMILES string of the molecule is CCOc1cccc(N)c1C(=O)N1CCCC1C(N)=O. The Morgan fingerprint density at radius 1 is 1.45 bits per heavy atom. The Kier molecular flexibility index (Phi) is 4.12. The number of nitrogens with two attached hydrogens (primary N) is 2. The lowest BCUT2D eigenvalue weighted by Gasteiger charge is -2.24. The van der Waals surface area contributed by atoms with Crippen LogP contribution in [-0.4, -0.2) is 35.9 Å². The minimum atomic E-state index is -0.559. The Morgan fingerprint density at radius 2 is 2.20 bits per heavy atom.